The summed E-state index contributed by atoms with van der Waals surface area (Å²) in [5, 5.41) is 11.1. The predicted molar refractivity (Wildman–Crippen MR) is 66.4 cm³/mol. The first kappa shape index (κ1) is 13.5. The van der Waals surface area contributed by atoms with Crippen molar-refractivity contribution in [1.82, 2.24) is 5.32 Å². The van der Waals surface area contributed by atoms with E-state index in [1.54, 1.807) is 0 Å². The van der Waals surface area contributed by atoms with Crippen molar-refractivity contribution in [1.29, 1.82) is 5.26 Å². The second kappa shape index (κ2) is 6.21. The summed E-state index contributed by atoms with van der Waals surface area (Å²) in [5.74, 6) is -1.03. The fraction of sp³-hybridized carbons (Fsp3) is 0.154. The molecule has 0 heterocycles. The Balaban J connectivity index is 2.77. The van der Waals surface area contributed by atoms with Gasteiger partial charge in [-0.15, -0.1) is 6.58 Å². The van der Waals surface area contributed by atoms with Gasteiger partial charge in [-0.2, -0.15) is 5.26 Å². The van der Waals surface area contributed by atoms with Crippen molar-refractivity contribution in [2.45, 2.75) is 12.5 Å². The normalized spacial score (nSPS) is 11.1. The van der Waals surface area contributed by atoms with E-state index in [1.165, 1.54) is 30.3 Å². The summed E-state index contributed by atoms with van der Waals surface area (Å²) in [6.45, 7) is 3.49. The van der Waals surface area contributed by atoms with Crippen LogP contribution in [0.4, 0.5) is 0 Å². The lowest BCUT2D eigenvalue weighted by atomic mass is 10.1. The molecule has 0 aromatic heterocycles. The Bertz CT molecular complexity index is 500. The van der Waals surface area contributed by atoms with Gasteiger partial charge in [-0.05, 0) is 30.7 Å². The number of benzene rings is 1. The molecule has 1 aromatic carbocycles. The van der Waals surface area contributed by atoms with Crippen molar-refractivity contribution in [3.05, 3.63) is 48.0 Å². The first-order valence-electron chi connectivity index (χ1n) is 5.29. The largest absolute Gasteiger partial charge is 0.368 e. The summed E-state index contributed by atoms with van der Waals surface area (Å²) in [4.78, 5) is 22.9. The minimum atomic E-state index is -0.773. The van der Waals surface area contributed by atoms with Crippen LogP contribution in [0.25, 0.3) is 0 Å². The summed E-state index contributed by atoms with van der Waals surface area (Å²) in [6.07, 6.45) is 1.78. The Hall–Kier alpha value is -2.61. The summed E-state index contributed by atoms with van der Waals surface area (Å²) in [5.41, 5.74) is 5.98. The molecule has 0 aliphatic carbocycles. The van der Waals surface area contributed by atoms with E-state index in [1.807, 2.05) is 6.07 Å². The molecule has 0 radical (unpaired) electrons. The zero-order valence-corrected chi connectivity index (χ0v) is 9.72. The van der Waals surface area contributed by atoms with Crippen molar-refractivity contribution in [2.75, 3.05) is 0 Å². The number of hydrogen-bond acceptors (Lipinski definition) is 3. The Kier molecular flexibility index (Phi) is 4.64. The second-order valence-electron chi connectivity index (χ2n) is 3.64. The topological polar surface area (TPSA) is 96.0 Å². The lowest BCUT2D eigenvalue weighted by Gasteiger charge is -2.13. The van der Waals surface area contributed by atoms with Crippen molar-refractivity contribution in [3.8, 4) is 6.07 Å². The molecule has 0 fully saturated rings. The van der Waals surface area contributed by atoms with Crippen LogP contribution < -0.4 is 11.1 Å². The molecule has 0 aliphatic heterocycles. The van der Waals surface area contributed by atoms with Crippen LogP contribution in [-0.2, 0) is 4.79 Å². The Morgan fingerprint density at radius 3 is 2.50 bits per heavy atom. The Labute approximate surface area is 105 Å². The minimum absolute atomic E-state index is 0.275. The highest BCUT2D eigenvalue weighted by molar-refractivity contribution is 5.97. The van der Waals surface area contributed by atoms with Gasteiger partial charge < -0.3 is 11.1 Å². The number of nitriles is 1. The molecule has 0 saturated carbocycles. The molecular weight excluding hydrogens is 230 g/mol. The number of carbonyl (C=O) groups excluding carboxylic acids is 2. The van der Waals surface area contributed by atoms with Gasteiger partial charge in [0.15, 0.2) is 0 Å². The van der Waals surface area contributed by atoms with Crippen molar-refractivity contribution >= 4 is 11.8 Å². The third kappa shape index (κ3) is 3.46. The maximum absolute atomic E-state index is 11.8. The molecule has 0 bridgehead atoms. The second-order valence-corrected chi connectivity index (χ2v) is 3.64. The van der Waals surface area contributed by atoms with Crippen molar-refractivity contribution < 1.29 is 9.59 Å². The molecule has 3 N–H and O–H groups in total. The van der Waals surface area contributed by atoms with E-state index in [4.69, 9.17) is 11.0 Å². The van der Waals surface area contributed by atoms with Crippen LogP contribution in [0.15, 0.2) is 36.9 Å². The number of amides is 2. The van der Waals surface area contributed by atoms with Gasteiger partial charge in [0.1, 0.15) is 6.04 Å². The van der Waals surface area contributed by atoms with Crippen LogP contribution in [0.3, 0.4) is 0 Å². The highest BCUT2D eigenvalue weighted by Crippen LogP contribution is 2.04. The lowest BCUT2D eigenvalue weighted by molar-refractivity contribution is -0.119. The molecule has 5 heteroatoms. The number of hydrogen-bond donors (Lipinski definition) is 2. The van der Waals surface area contributed by atoms with Crippen LogP contribution in [0.1, 0.15) is 22.3 Å². The number of nitrogens with zero attached hydrogens (tertiary/aromatic N) is 1. The fourth-order valence-electron chi connectivity index (χ4n) is 1.35. The number of primary amides is 1. The first-order valence-corrected chi connectivity index (χ1v) is 5.29. The highest BCUT2D eigenvalue weighted by Gasteiger charge is 2.17. The summed E-state index contributed by atoms with van der Waals surface area (Å²) in [6, 6.07) is 7.27. The van der Waals surface area contributed by atoms with Gasteiger partial charge in [0.2, 0.25) is 5.91 Å². The van der Waals surface area contributed by atoms with E-state index >= 15 is 0 Å². The molecule has 0 aliphatic rings. The first-order chi connectivity index (χ1) is 8.58. The third-order valence-electron chi connectivity index (χ3n) is 2.33. The van der Waals surface area contributed by atoms with E-state index in [9.17, 15) is 9.59 Å². The zero-order chi connectivity index (χ0) is 13.5. The van der Waals surface area contributed by atoms with Crippen molar-refractivity contribution in [2.24, 2.45) is 5.73 Å². The molecule has 92 valence electrons. The molecule has 1 aromatic rings. The molecule has 2 amide bonds. The quantitative estimate of drug-likeness (QED) is 0.746. The van der Waals surface area contributed by atoms with Gasteiger partial charge >= 0.3 is 0 Å². The summed E-state index contributed by atoms with van der Waals surface area (Å²) < 4.78 is 0. The molecule has 5 nitrogen and oxygen atoms in total. The van der Waals surface area contributed by atoms with Crippen LogP contribution in [0.2, 0.25) is 0 Å². The summed E-state index contributed by atoms with van der Waals surface area (Å²) in [7, 11) is 0. The number of nitrogens with one attached hydrogen (secondary N) is 1. The van der Waals surface area contributed by atoms with Crippen molar-refractivity contribution in [3.63, 3.8) is 0 Å². The average Bonchev–Trinajstić information content (AvgIpc) is 2.38. The van der Waals surface area contributed by atoms with Gasteiger partial charge in [-0.25, -0.2) is 0 Å². The van der Waals surface area contributed by atoms with E-state index in [0.29, 0.717) is 11.1 Å². The molecule has 18 heavy (non-hydrogen) atoms. The maximum atomic E-state index is 11.8. The van der Waals surface area contributed by atoms with Gasteiger partial charge in [0.25, 0.3) is 5.91 Å². The van der Waals surface area contributed by atoms with Crippen LogP contribution >= 0.6 is 0 Å². The van der Waals surface area contributed by atoms with E-state index in [0.717, 1.165) is 0 Å². The third-order valence-corrected chi connectivity index (χ3v) is 2.33. The van der Waals surface area contributed by atoms with E-state index < -0.39 is 17.9 Å². The standard InChI is InChI=1S/C13H13N3O2/c1-2-3-11(12(15)17)16-13(18)10-6-4-9(8-14)5-7-10/h2,4-7,11H,1,3H2,(H2,15,17)(H,16,18)/t11-/m0/s1. The molecule has 1 rings (SSSR count). The molecule has 0 spiro atoms. The smallest absolute Gasteiger partial charge is 0.251 e. The average molecular weight is 243 g/mol. The number of rotatable bonds is 5. The van der Waals surface area contributed by atoms with E-state index in [2.05, 4.69) is 11.9 Å². The predicted octanol–water partition coefficient (Wildman–Crippen LogP) is 0.718. The van der Waals surface area contributed by atoms with Gasteiger partial charge in [-0.3, -0.25) is 9.59 Å². The Morgan fingerprint density at radius 1 is 1.44 bits per heavy atom. The van der Waals surface area contributed by atoms with Crippen LogP contribution in [0, 0.1) is 11.3 Å². The zero-order valence-electron chi connectivity index (χ0n) is 9.72. The summed E-state index contributed by atoms with van der Waals surface area (Å²) >= 11 is 0. The highest BCUT2D eigenvalue weighted by atomic mass is 16.2. The van der Waals surface area contributed by atoms with Crippen LogP contribution in [-0.4, -0.2) is 17.9 Å². The fourth-order valence-corrected chi connectivity index (χ4v) is 1.35. The number of carbonyl (C=O) groups is 2. The van der Waals surface area contributed by atoms with Crippen LogP contribution in [0.5, 0.6) is 0 Å². The SMILES string of the molecule is C=CC[C@H](NC(=O)c1ccc(C#N)cc1)C(N)=O. The molecular formula is C13H13N3O2. The van der Waals surface area contributed by atoms with Gasteiger partial charge in [-0.1, -0.05) is 6.08 Å². The molecule has 0 unspecified atom stereocenters. The Morgan fingerprint density at radius 2 is 2.06 bits per heavy atom. The number of nitrogens with two attached hydrogens (primary N) is 1. The lowest BCUT2D eigenvalue weighted by Crippen LogP contribution is -2.44. The maximum Gasteiger partial charge on any atom is 0.251 e. The molecule has 0 saturated heterocycles. The van der Waals surface area contributed by atoms with Gasteiger partial charge in [0, 0.05) is 5.56 Å². The molecule has 1 atom stereocenters. The van der Waals surface area contributed by atoms with E-state index in [-0.39, 0.29) is 6.42 Å². The minimum Gasteiger partial charge on any atom is -0.368 e. The monoisotopic (exact) mass is 243 g/mol. The van der Waals surface area contributed by atoms with Gasteiger partial charge in [0.05, 0.1) is 11.6 Å².